The molecule has 0 unspecified atom stereocenters. The Morgan fingerprint density at radius 3 is 2.00 bits per heavy atom. The summed E-state index contributed by atoms with van der Waals surface area (Å²) in [4.78, 5) is 47.5. The number of carbonyl (C=O) groups excluding carboxylic acids is 4. The van der Waals surface area contributed by atoms with Crippen molar-refractivity contribution in [2.75, 3.05) is 20.8 Å². The van der Waals surface area contributed by atoms with E-state index in [9.17, 15) is 19.2 Å². The van der Waals surface area contributed by atoms with Gasteiger partial charge in [0.05, 0.1) is 26.7 Å². The van der Waals surface area contributed by atoms with Crippen molar-refractivity contribution < 1.29 is 47.6 Å². The molecular formula is C26H28O10. The van der Waals surface area contributed by atoms with E-state index in [1.165, 1.54) is 41.1 Å². The first-order valence-electron chi connectivity index (χ1n) is 11.2. The molecule has 0 aromatic heterocycles. The molecule has 1 heterocycles. The molecule has 3 atom stereocenters. The average Bonchev–Trinajstić information content (AvgIpc) is 3.17. The maximum atomic E-state index is 12.7. The lowest BCUT2D eigenvalue weighted by atomic mass is 9.82. The van der Waals surface area contributed by atoms with Gasteiger partial charge in [-0.05, 0) is 41.8 Å². The quantitative estimate of drug-likeness (QED) is 0.374. The highest BCUT2D eigenvalue weighted by Gasteiger charge is 2.44. The lowest BCUT2D eigenvalue weighted by molar-refractivity contribution is -0.151. The van der Waals surface area contributed by atoms with Crippen molar-refractivity contribution in [1.29, 1.82) is 0 Å². The normalized spacial score (nSPS) is 17.5. The number of hydrogen-bond acceptors (Lipinski definition) is 10. The van der Waals surface area contributed by atoms with Crippen LogP contribution in [0.5, 0.6) is 23.0 Å². The van der Waals surface area contributed by atoms with Gasteiger partial charge in [-0.1, -0.05) is 12.1 Å². The van der Waals surface area contributed by atoms with Crippen molar-refractivity contribution in [3.05, 3.63) is 47.5 Å². The van der Waals surface area contributed by atoms with Gasteiger partial charge in [-0.15, -0.1) is 0 Å². The fourth-order valence-corrected chi connectivity index (χ4v) is 4.12. The molecule has 1 aliphatic rings. The van der Waals surface area contributed by atoms with E-state index in [1.807, 2.05) is 0 Å². The Balaban J connectivity index is 1.93. The minimum atomic E-state index is -0.832. The van der Waals surface area contributed by atoms with E-state index in [0.29, 0.717) is 11.3 Å². The van der Waals surface area contributed by atoms with Crippen LogP contribution in [-0.2, 0) is 35.1 Å². The number of ether oxygens (including phenoxy) is 6. The highest BCUT2D eigenvalue weighted by Crippen LogP contribution is 2.41. The van der Waals surface area contributed by atoms with Crippen molar-refractivity contribution in [1.82, 2.24) is 0 Å². The summed E-state index contributed by atoms with van der Waals surface area (Å²) in [6.45, 7) is 3.88. The molecule has 192 valence electrons. The van der Waals surface area contributed by atoms with Gasteiger partial charge in [0.2, 0.25) is 0 Å². The SMILES string of the molecule is COc1cc(C[C@H]2C(=O)OC[C@@H]2[C@@H](OC(C)=O)c2ccc(OC(C)=O)c(OC)c2)ccc1OC(C)=O. The van der Waals surface area contributed by atoms with Crippen molar-refractivity contribution >= 4 is 23.9 Å². The van der Waals surface area contributed by atoms with Gasteiger partial charge in [0, 0.05) is 26.7 Å². The summed E-state index contributed by atoms with van der Waals surface area (Å²) in [7, 11) is 2.87. The molecule has 0 amide bonds. The van der Waals surface area contributed by atoms with E-state index in [2.05, 4.69) is 0 Å². The van der Waals surface area contributed by atoms with E-state index in [1.54, 1.807) is 30.3 Å². The number of cyclic esters (lactones) is 1. The third-order valence-electron chi connectivity index (χ3n) is 5.63. The van der Waals surface area contributed by atoms with Gasteiger partial charge in [0.15, 0.2) is 23.0 Å². The number of carbonyl (C=O) groups is 4. The summed E-state index contributed by atoms with van der Waals surface area (Å²) in [5.74, 6) is -2.02. The zero-order valence-corrected chi connectivity index (χ0v) is 20.7. The van der Waals surface area contributed by atoms with E-state index in [0.717, 1.165) is 5.56 Å². The molecule has 0 saturated carbocycles. The second-order valence-corrected chi connectivity index (χ2v) is 8.22. The number of benzene rings is 2. The Kier molecular flexibility index (Phi) is 8.52. The van der Waals surface area contributed by atoms with E-state index < -0.39 is 41.8 Å². The molecule has 0 spiro atoms. The van der Waals surface area contributed by atoms with Gasteiger partial charge in [0.25, 0.3) is 0 Å². The van der Waals surface area contributed by atoms with Gasteiger partial charge < -0.3 is 28.4 Å². The van der Waals surface area contributed by atoms with Crippen LogP contribution in [0.3, 0.4) is 0 Å². The molecule has 2 aromatic carbocycles. The zero-order chi connectivity index (χ0) is 26.4. The van der Waals surface area contributed by atoms with Crippen LogP contribution in [0.2, 0.25) is 0 Å². The van der Waals surface area contributed by atoms with E-state index in [-0.39, 0.29) is 30.3 Å². The molecule has 0 N–H and O–H groups in total. The highest BCUT2D eigenvalue weighted by atomic mass is 16.6. The molecule has 0 radical (unpaired) electrons. The minimum Gasteiger partial charge on any atom is -0.493 e. The van der Waals surface area contributed by atoms with Gasteiger partial charge in [-0.25, -0.2) is 0 Å². The third-order valence-corrected chi connectivity index (χ3v) is 5.63. The molecule has 2 aromatic rings. The Morgan fingerprint density at radius 1 is 0.861 bits per heavy atom. The van der Waals surface area contributed by atoms with Gasteiger partial charge >= 0.3 is 23.9 Å². The summed E-state index contributed by atoms with van der Waals surface area (Å²) in [5, 5.41) is 0. The minimum absolute atomic E-state index is 0.0398. The summed E-state index contributed by atoms with van der Waals surface area (Å²) in [6.07, 6.45) is -0.567. The van der Waals surface area contributed by atoms with Crippen LogP contribution in [0.25, 0.3) is 0 Å². The van der Waals surface area contributed by atoms with Crippen LogP contribution in [0.4, 0.5) is 0 Å². The lowest BCUT2D eigenvalue weighted by Gasteiger charge is -2.26. The van der Waals surface area contributed by atoms with Crippen LogP contribution in [0, 0.1) is 11.8 Å². The van der Waals surface area contributed by atoms with Crippen molar-refractivity contribution in [3.63, 3.8) is 0 Å². The highest BCUT2D eigenvalue weighted by molar-refractivity contribution is 5.76. The Bertz CT molecular complexity index is 1160. The van der Waals surface area contributed by atoms with Crippen molar-refractivity contribution in [2.45, 2.75) is 33.3 Å². The van der Waals surface area contributed by atoms with Gasteiger partial charge in [0.1, 0.15) is 6.10 Å². The first-order chi connectivity index (χ1) is 17.1. The Labute approximate surface area is 208 Å². The summed E-state index contributed by atoms with van der Waals surface area (Å²) < 4.78 is 32.0. The van der Waals surface area contributed by atoms with E-state index in [4.69, 9.17) is 28.4 Å². The maximum Gasteiger partial charge on any atom is 0.309 e. The van der Waals surface area contributed by atoms with Crippen LogP contribution in [-0.4, -0.2) is 44.7 Å². The second kappa shape index (κ2) is 11.6. The number of rotatable bonds is 9. The predicted molar refractivity (Wildman–Crippen MR) is 125 cm³/mol. The largest absolute Gasteiger partial charge is 0.493 e. The monoisotopic (exact) mass is 500 g/mol. The molecule has 0 aliphatic carbocycles. The average molecular weight is 501 g/mol. The van der Waals surface area contributed by atoms with Gasteiger partial charge in [-0.2, -0.15) is 0 Å². The summed E-state index contributed by atoms with van der Waals surface area (Å²) >= 11 is 0. The molecule has 1 fully saturated rings. The first-order valence-corrected chi connectivity index (χ1v) is 11.2. The fraction of sp³-hybridized carbons (Fsp3) is 0.385. The molecule has 1 aliphatic heterocycles. The van der Waals surface area contributed by atoms with Crippen LogP contribution >= 0.6 is 0 Å². The standard InChI is InChI=1S/C26H28O10/c1-14(27)34-21-8-6-17(11-23(21)31-4)10-19-20(13-33-26(19)30)25(36-16(3)29)18-7-9-22(35-15(2)28)24(12-18)32-5/h6-9,11-12,19-20,25H,10,13H2,1-5H3/t19-,20+,25+/m1/s1. The van der Waals surface area contributed by atoms with Crippen LogP contribution in [0.15, 0.2) is 36.4 Å². The molecular weight excluding hydrogens is 472 g/mol. The number of esters is 4. The van der Waals surface area contributed by atoms with Crippen LogP contribution < -0.4 is 18.9 Å². The van der Waals surface area contributed by atoms with Gasteiger partial charge in [-0.3, -0.25) is 19.2 Å². The molecule has 3 rings (SSSR count). The smallest absolute Gasteiger partial charge is 0.309 e. The summed E-state index contributed by atoms with van der Waals surface area (Å²) in [5.41, 5.74) is 1.29. The fourth-order valence-electron chi connectivity index (χ4n) is 4.12. The Hall–Kier alpha value is -4.08. The first kappa shape index (κ1) is 26.5. The zero-order valence-electron chi connectivity index (χ0n) is 20.7. The third kappa shape index (κ3) is 6.32. The molecule has 36 heavy (non-hydrogen) atoms. The Morgan fingerprint density at radius 2 is 1.44 bits per heavy atom. The molecule has 10 nitrogen and oxygen atoms in total. The summed E-state index contributed by atoms with van der Waals surface area (Å²) in [6, 6.07) is 9.78. The predicted octanol–water partition coefficient (Wildman–Crippen LogP) is 3.19. The number of methoxy groups -OCH3 is 2. The van der Waals surface area contributed by atoms with Crippen molar-refractivity contribution in [3.8, 4) is 23.0 Å². The second-order valence-electron chi connectivity index (χ2n) is 8.22. The lowest BCUT2D eigenvalue weighted by Crippen LogP contribution is -2.27. The maximum absolute atomic E-state index is 12.7. The van der Waals surface area contributed by atoms with Crippen LogP contribution in [0.1, 0.15) is 38.0 Å². The van der Waals surface area contributed by atoms with E-state index >= 15 is 0 Å². The van der Waals surface area contributed by atoms with Crippen molar-refractivity contribution in [2.24, 2.45) is 11.8 Å². The topological polar surface area (TPSA) is 124 Å². The molecule has 0 bridgehead atoms. The molecule has 1 saturated heterocycles. The number of hydrogen-bond donors (Lipinski definition) is 0. The molecule has 10 heteroatoms.